The fourth-order valence-electron chi connectivity index (χ4n) is 8.43. The molecule has 0 unspecified atom stereocenters. The number of aliphatic hydroxyl groups excluding tert-OH is 1. The van der Waals surface area contributed by atoms with Crippen molar-refractivity contribution >= 4 is 11.8 Å². The van der Waals surface area contributed by atoms with E-state index in [-0.39, 0.29) is 29.3 Å². The van der Waals surface area contributed by atoms with Crippen LogP contribution in [0.4, 0.5) is 0 Å². The lowest BCUT2D eigenvalue weighted by atomic mass is 9.44. The number of carbonyl (C=O) groups is 2. The first-order valence-electron chi connectivity index (χ1n) is 11.6. The van der Waals surface area contributed by atoms with Crippen LogP contribution in [0.1, 0.15) is 85.0 Å². The van der Waals surface area contributed by atoms with Crippen molar-refractivity contribution in [3.8, 4) is 0 Å². The molecular weight excluding hydrogens is 352 g/mol. The number of fused-ring (bicyclic) bond motifs is 5. The van der Waals surface area contributed by atoms with Crippen LogP contribution >= 0.6 is 0 Å². The van der Waals surface area contributed by atoms with E-state index in [1.807, 2.05) is 0 Å². The zero-order valence-corrected chi connectivity index (χ0v) is 17.8. The van der Waals surface area contributed by atoms with Gasteiger partial charge in [0.2, 0.25) is 0 Å². The van der Waals surface area contributed by atoms with Gasteiger partial charge in [0.25, 0.3) is 0 Å². The van der Waals surface area contributed by atoms with Gasteiger partial charge in [-0.25, -0.2) is 0 Å². The second-order valence-corrected chi connectivity index (χ2v) is 11.2. The molecule has 28 heavy (non-hydrogen) atoms. The number of carboxylic acid groups (broad SMARTS) is 1. The average Bonchev–Trinajstić information content (AvgIpc) is 2.98. The van der Waals surface area contributed by atoms with Gasteiger partial charge in [-0.1, -0.05) is 20.8 Å². The molecule has 158 valence electrons. The summed E-state index contributed by atoms with van der Waals surface area (Å²) in [5.74, 6) is 1.87. The van der Waals surface area contributed by atoms with Crippen LogP contribution in [0.15, 0.2) is 0 Å². The topological polar surface area (TPSA) is 77.4 Å². The molecule has 0 radical (unpaired) electrons. The molecule has 4 fully saturated rings. The molecule has 4 rings (SSSR count). The van der Waals surface area contributed by atoms with Gasteiger partial charge in [0, 0.05) is 18.3 Å². The first-order chi connectivity index (χ1) is 13.2. The maximum atomic E-state index is 13.3. The van der Waals surface area contributed by atoms with Crippen molar-refractivity contribution in [1.29, 1.82) is 0 Å². The van der Waals surface area contributed by atoms with Crippen molar-refractivity contribution in [2.45, 2.75) is 91.1 Å². The Hall–Kier alpha value is -0.900. The zero-order valence-electron chi connectivity index (χ0n) is 17.8. The number of rotatable bonds is 4. The summed E-state index contributed by atoms with van der Waals surface area (Å²) in [4.78, 5) is 24.3. The predicted molar refractivity (Wildman–Crippen MR) is 105 cm³/mol. The molecule has 0 saturated heterocycles. The molecule has 4 nitrogen and oxygen atoms in total. The Morgan fingerprint density at radius 2 is 1.82 bits per heavy atom. The Balaban J connectivity index is 1.56. The Bertz CT molecular complexity index is 645. The molecular formula is C24H37O4-. The van der Waals surface area contributed by atoms with Crippen molar-refractivity contribution in [1.82, 2.24) is 0 Å². The number of hydrogen-bond acceptors (Lipinski definition) is 4. The molecule has 4 aliphatic rings. The minimum Gasteiger partial charge on any atom is -0.550 e. The van der Waals surface area contributed by atoms with E-state index in [2.05, 4.69) is 20.8 Å². The normalized spacial score (nSPS) is 49.1. The molecule has 0 heterocycles. The zero-order chi connectivity index (χ0) is 20.3. The lowest BCUT2D eigenvalue weighted by Crippen LogP contribution is -2.57. The molecule has 0 aliphatic heterocycles. The van der Waals surface area contributed by atoms with E-state index in [9.17, 15) is 19.8 Å². The van der Waals surface area contributed by atoms with Crippen molar-refractivity contribution in [2.24, 2.45) is 46.3 Å². The van der Waals surface area contributed by atoms with Crippen molar-refractivity contribution in [3.63, 3.8) is 0 Å². The summed E-state index contributed by atoms with van der Waals surface area (Å²) in [6.45, 7) is 7.01. The van der Waals surface area contributed by atoms with Crippen LogP contribution in [0.5, 0.6) is 0 Å². The molecule has 9 atom stereocenters. The van der Waals surface area contributed by atoms with E-state index in [4.69, 9.17) is 0 Å². The van der Waals surface area contributed by atoms with Gasteiger partial charge in [-0.05, 0) is 98.2 Å². The largest absolute Gasteiger partial charge is 0.550 e. The standard InChI is InChI=1S/C24H38O4/c1-14(4-7-21(27)28)17-5-6-18-22-19(9-11-24(17,18)3)23(2)10-8-16(25)12-15(23)13-20(22)26/h14-19,22,25H,4-13H2,1-3H3,(H,27,28)/p-1/t14-,15+,16-,17-,18+,19+,22+,23+,24-/m1/s1. The van der Waals surface area contributed by atoms with E-state index in [0.29, 0.717) is 48.2 Å². The molecule has 0 aromatic carbocycles. The summed E-state index contributed by atoms with van der Waals surface area (Å²) in [6, 6.07) is 0. The third kappa shape index (κ3) is 3.05. The van der Waals surface area contributed by atoms with Gasteiger partial charge in [-0.2, -0.15) is 0 Å². The van der Waals surface area contributed by atoms with Crippen molar-refractivity contribution in [2.75, 3.05) is 0 Å². The summed E-state index contributed by atoms with van der Waals surface area (Å²) < 4.78 is 0. The van der Waals surface area contributed by atoms with E-state index >= 15 is 0 Å². The highest BCUT2D eigenvalue weighted by Gasteiger charge is 2.62. The van der Waals surface area contributed by atoms with Gasteiger partial charge < -0.3 is 15.0 Å². The molecule has 0 aromatic rings. The minimum absolute atomic E-state index is 0.144. The lowest BCUT2D eigenvalue weighted by molar-refractivity contribution is -0.306. The number of Topliss-reactive ketones (excluding diaryl/α,β-unsaturated/α-hetero) is 1. The molecule has 0 spiro atoms. The van der Waals surface area contributed by atoms with Gasteiger partial charge in [0.05, 0.1) is 6.10 Å². The Labute approximate surface area is 169 Å². The Morgan fingerprint density at radius 3 is 2.54 bits per heavy atom. The van der Waals surface area contributed by atoms with E-state index in [1.54, 1.807) is 0 Å². The van der Waals surface area contributed by atoms with Gasteiger partial charge in [-0.15, -0.1) is 0 Å². The van der Waals surface area contributed by atoms with Crippen LogP contribution in [0.2, 0.25) is 0 Å². The second-order valence-electron chi connectivity index (χ2n) is 11.2. The van der Waals surface area contributed by atoms with Crippen molar-refractivity contribution in [3.05, 3.63) is 0 Å². The molecule has 0 amide bonds. The number of hydrogen-bond donors (Lipinski definition) is 1. The van der Waals surface area contributed by atoms with E-state index in [0.717, 1.165) is 44.9 Å². The highest BCUT2D eigenvalue weighted by atomic mass is 16.4. The van der Waals surface area contributed by atoms with Crippen LogP contribution in [0.25, 0.3) is 0 Å². The number of aliphatic carboxylic acids is 1. The Kier molecular flexibility index (Phi) is 5.17. The molecule has 4 saturated carbocycles. The van der Waals surface area contributed by atoms with Gasteiger partial charge in [0.1, 0.15) is 5.78 Å². The quantitative estimate of drug-likeness (QED) is 0.800. The van der Waals surface area contributed by atoms with E-state index < -0.39 is 5.97 Å². The van der Waals surface area contributed by atoms with Crippen LogP contribution in [0.3, 0.4) is 0 Å². The third-order valence-electron chi connectivity index (χ3n) is 10.0. The summed E-state index contributed by atoms with van der Waals surface area (Å²) >= 11 is 0. The number of carbonyl (C=O) groups excluding carboxylic acids is 2. The third-order valence-corrected chi connectivity index (χ3v) is 10.0. The number of ketones is 1. The lowest BCUT2D eigenvalue weighted by Gasteiger charge is -2.60. The number of carboxylic acids is 1. The van der Waals surface area contributed by atoms with Crippen molar-refractivity contribution < 1.29 is 19.8 Å². The molecule has 0 bridgehead atoms. The molecule has 0 aromatic heterocycles. The van der Waals surface area contributed by atoms with Crippen LogP contribution in [0, 0.1) is 46.3 Å². The fraction of sp³-hybridized carbons (Fsp3) is 0.917. The summed E-state index contributed by atoms with van der Waals surface area (Å²) in [7, 11) is 0. The first-order valence-corrected chi connectivity index (χ1v) is 11.6. The minimum atomic E-state index is -0.948. The summed E-state index contributed by atoms with van der Waals surface area (Å²) in [5, 5.41) is 21.1. The smallest absolute Gasteiger partial charge is 0.136 e. The molecule has 1 N–H and O–H groups in total. The maximum Gasteiger partial charge on any atom is 0.136 e. The fourth-order valence-corrected chi connectivity index (χ4v) is 8.43. The van der Waals surface area contributed by atoms with Gasteiger partial charge in [0.15, 0.2) is 0 Å². The SMILES string of the molecule is C[C@H](CCC(=O)[O-])[C@H]1CC[C@H]2[C@@H]3C(=O)C[C@@H]4C[C@H](O)CC[C@]4(C)[C@H]3CC[C@]12C. The average molecular weight is 390 g/mol. The second kappa shape index (κ2) is 7.11. The van der Waals surface area contributed by atoms with Crippen LogP contribution in [-0.4, -0.2) is 23.0 Å². The maximum absolute atomic E-state index is 13.3. The summed E-state index contributed by atoms with van der Waals surface area (Å²) in [6.07, 6.45) is 8.54. The highest BCUT2D eigenvalue weighted by molar-refractivity contribution is 5.83. The van der Waals surface area contributed by atoms with Crippen LogP contribution < -0.4 is 5.11 Å². The van der Waals surface area contributed by atoms with Gasteiger partial charge >= 0.3 is 0 Å². The molecule has 4 aliphatic carbocycles. The number of aliphatic hydroxyl groups is 1. The monoisotopic (exact) mass is 389 g/mol. The van der Waals surface area contributed by atoms with Gasteiger partial charge in [-0.3, -0.25) is 4.79 Å². The highest BCUT2D eigenvalue weighted by Crippen LogP contribution is 2.67. The summed E-state index contributed by atoms with van der Waals surface area (Å²) in [5.41, 5.74) is 0.372. The van der Waals surface area contributed by atoms with E-state index in [1.165, 1.54) is 0 Å². The first kappa shape index (κ1) is 20.4. The Morgan fingerprint density at radius 1 is 1.14 bits per heavy atom. The molecule has 4 heteroatoms. The predicted octanol–water partition coefficient (Wildman–Crippen LogP) is 3.35. The van der Waals surface area contributed by atoms with Crippen LogP contribution in [-0.2, 0) is 9.59 Å².